The van der Waals surface area contributed by atoms with E-state index in [4.69, 9.17) is 16.3 Å². The number of halogens is 4. The lowest BCUT2D eigenvalue weighted by atomic mass is 10.2. The predicted octanol–water partition coefficient (Wildman–Crippen LogP) is 6.06. The molecule has 0 bridgehead atoms. The topological polar surface area (TPSA) is 50.3 Å². The van der Waals surface area contributed by atoms with Gasteiger partial charge in [0, 0.05) is 29.6 Å². The van der Waals surface area contributed by atoms with Gasteiger partial charge in [-0.2, -0.15) is 18.2 Å². The summed E-state index contributed by atoms with van der Waals surface area (Å²) in [5.41, 5.74) is 0.165. The summed E-state index contributed by atoms with van der Waals surface area (Å²) in [6.45, 7) is 2.35. The van der Waals surface area contributed by atoms with Crippen molar-refractivity contribution in [1.29, 1.82) is 0 Å². The maximum atomic E-state index is 13.4. The molecule has 0 radical (unpaired) electrons. The van der Waals surface area contributed by atoms with E-state index in [0.717, 1.165) is 6.20 Å². The number of hydrogen-bond donors (Lipinski definition) is 1. The number of benzene rings is 2. The van der Waals surface area contributed by atoms with E-state index >= 15 is 0 Å². The molecule has 0 aliphatic heterocycles. The fraction of sp³-hybridized carbons (Fsp3) is 0.200. The molecule has 0 spiro atoms. The number of hydrogen-bond acceptors (Lipinski definition) is 5. The summed E-state index contributed by atoms with van der Waals surface area (Å²) in [7, 11) is 1.66. The minimum absolute atomic E-state index is 0.105. The Hall–Kier alpha value is -3.00. The molecule has 3 rings (SSSR count). The van der Waals surface area contributed by atoms with Gasteiger partial charge >= 0.3 is 6.18 Å². The molecule has 1 aromatic heterocycles. The zero-order valence-electron chi connectivity index (χ0n) is 15.7. The van der Waals surface area contributed by atoms with Gasteiger partial charge < -0.3 is 15.0 Å². The third-order valence-electron chi connectivity index (χ3n) is 4.02. The van der Waals surface area contributed by atoms with Crippen LogP contribution in [0.3, 0.4) is 0 Å². The van der Waals surface area contributed by atoms with Gasteiger partial charge in [0.05, 0.1) is 6.61 Å². The quantitative estimate of drug-likeness (QED) is 0.523. The SMILES string of the molecule is CCOc1ccc(Nc2nc(N(C)c3ccc(Cl)cc3)ncc2C(F)(F)F)cc1. The number of alkyl halides is 3. The summed E-state index contributed by atoms with van der Waals surface area (Å²) in [6.07, 6.45) is -3.84. The molecule has 29 heavy (non-hydrogen) atoms. The van der Waals surface area contributed by atoms with Crippen LogP contribution in [0.1, 0.15) is 12.5 Å². The molecular weight excluding hydrogens is 405 g/mol. The van der Waals surface area contributed by atoms with Gasteiger partial charge in [-0.25, -0.2) is 4.98 Å². The predicted molar refractivity (Wildman–Crippen MR) is 107 cm³/mol. The largest absolute Gasteiger partial charge is 0.494 e. The smallest absolute Gasteiger partial charge is 0.421 e. The van der Waals surface area contributed by atoms with E-state index in [0.29, 0.717) is 28.8 Å². The second-order valence-corrected chi connectivity index (χ2v) is 6.48. The van der Waals surface area contributed by atoms with Crippen LogP contribution in [0.4, 0.5) is 36.3 Å². The molecule has 0 amide bonds. The van der Waals surface area contributed by atoms with Crippen LogP contribution < -0.4 is 15.0 Å². The molecule has 152 valence electrons. The van der Waals surface area contributed by atoms with Crippen molar-refractivity contribution in [3.8, 4) is 5.75 Å². The fourth-order valence-corrected chi connectivity index (χ4v) is 2.68. The first kappa shape index (κ1) is 20.7. The minimum Gasteiger partial charge on any atom is -0.494 e. The molecule has 2 aromatic carbocycles. The van der Waals surface area contributed by atoms with E-state index < -0.39 is 11.7 Å². The third-order valence-corrected chi connectivity index (χ3v) is 4.28. The van der Waals surface area contributed by atoms with Crippen molar-refractivity contribution >= 4 is 34.7 Å². The number of ether oxygens (including phenoxy) is 1. The third kappa shape index (κ3) is 5.08. The normalized spacial score (nSPS) is 11.2. The number of anilines is 4. The molecule has 1 heterocycles. The monoisotopic (exact) mass is 422 g/mol. The Kier molecular flexibility index (Phi) is 6.12. The molecule has 9 heteroatoms. The Bertz CT molecular complexity index is 963. The number of nitrogens with one attached hydrogen (secondary N) is 1. The molecule has 3 aromatic rings. The Labute approximate surface area is 171 Å². The van der Waals surface area contributed by atoms with Crippen LogP contribution in [0.5, 0.6) is 5.75 Å². The van der Waals surface area contributed by atoms with Crippen molar-refractivity contribution in [2.45, 2.75) is 13.1 Å². The highest BCUT2D eigenvalue weighted by Gasteiger charge is 2.35. The highest BCUT2D eigenvalue weighted by atomic mass is 35.5. The average Bonchev–Trinajstić information content (AvgIpc) is 2.69. The van der Waals surface area contributed by atoms with Crippen molar-refractivity contribution < 1.29 is 17.9 Å². The first-order chi connectivity index (χ1) is 13.8. The van der Waals surface area contributed by atoms with E-state index in [9.17, 15) is 13.2 Å². The standard InChI is InChI=1S/C20H18ClF3N4O/c1-3-29-16-10-6-14(7-11-16)26-18-17(20(22,23)24)12-25-19(27-18)28(2)15-8-4-13(21)5-9-15/h4-12H,3H2,1-2H3,(H,25,26,27). The van der Waals surface area contributed by atoms with Gasteiger partial charge in [0.25, 0.3) is 0 Å². The van der Waals surface area contributed by atoms with Crippen LogP contribution in [-0.4, -0.2) is 23.6 Å². The summed E-state index contributed by atoms with van der Waals surface area (Å²) in [5.74, 6) is 0.390. The zero-order chi connectivity index (χ0) is 21.0. The van der Waals surface area contributed by atoms with Gasteiger partial charge in [0.15, 0.2) is 0 Å². The molecule has 0 atom stereocenters. The van der Waals surface area contributed by atoms with Crippen molar-refractivity contribution in [2.75, 3.05) is 23.9 Å². The van der Waals surface area contributed by atoms with E-state index in [2.05, 4.69) is 15.3 Å². The Balaban J connectivity index is 1.94. The summed E-state index contributed by atoms with van der Waals surface area (Å²) < 4.78 is 45.7. The summed E-state index contributed by atoms with van der Waals surface area (Å²) in [4.78, 5) is 9.57. The van der Waals surface area contributed by atoms with Crippen molar-refractivity contribution in [2.24, 2.45) is 0 Å². The Morgan fingerprint density at radius 1 is 1.07 bits per heavy atom. The van der Waals surface area contributed by atoms with Crippen molar-refractivity contribution in [3.05, 3.63) is 65.3 Å². The Morgan fingerprint density at radius 2 is 1.72 bits per heavy atom. The highest BCUT2D eigenvalue weighted by Crippen LogP contribution is 2.36. The van der Waals surface area contributed by atoms with Crippen LogP contribution in [-0.2, 0) is 6.18 Å². The van der Waals surface area contributed by atoms with E-state index in [-0.39, 0.29) is 11.8 Å². The first-order valence-electron chi connectivity index (χ1n) is 8.71. The number of nitrogens with zero attached hydrogens (tertiary/aromatic N) is 3. The molecule has 0 aliphatic rings. The zero-order valence-corrected chi connectivity index (χ0v) is 16.4. The number of rotatable bonds is 6. The molecule has 0 aliphatic carbocycles. The van der Waals surface area contributed by atoms with Gasteiger partial charge in [-0.15, -0.1) is 0 Å². The maximum absolute atomic E-state index is 13.4. The van der Waals surface area contributed by atoms with Gasteiger partial charge in [-0.1, -0.05) is 11.6 Å². The lowest BCUT2D eigenvalue weighted by molar-refractivity contribution is -0.137. The number of aromatic nitrogens is 2. The minimum atomic E-state index is -4.61. The van der Waals surface area contributed by atoms with Crippen LogP contribution in [0.15, 0.2) is 54.7 Å². The summed E-state index contributed by atoms with van der Waals surface area (Å²) in [6, 6.07) is 13.4. The second kappa shape index (κ2) is 8.57. The van der Waals surface area contributed by atoms with Crippen LogP contribution in [0, 0.1) is 0 Å². The van der Waals surface area contributed by atoms with Crippen LogP contribution in [0.25, 0.3) is 0 Å². The van der Waals surface area contributed by atoms with Crippen molar-refractivity contribution in [1.82, 2.24) is 9.97 Å². The van der Waals surface area contributed by atoms with Gasteiger partial charge in [0.2, 0.25) is 5.95 Å². The first-order valence-corrected chi connectivity index (χ1v) is 9.09. The molecule has 0 saturated heterocycles. The fourth-order valence-electron chi connectivity index (χ4n) is 2.55. The molecule has 0 fully saturated rings. The average molecular weight is 423 g/mol. The lowest BCUT2D eigenvalue weighted by Crippen LogP contribution is -2.17. The molecule has 0 unspecified atom stereocenters. The van der Waals surface area contributed by atoms with Gasteiger partial charge in [0.1, 0.15) is 17.1 Å². The van der Waals surface area contributed by atoms with E-state index in [1.54, 1.807) is 60.5 Å². The van der Waals surface area contributed by atoms with Crippen molar-refractivity contribution in [3.63, 3.8) is 0 Å². The molecular formula is C20H18ClF3N4O. The van der Waals surface area contributed by atoms with Crippen LogP contribution in [0.2, 0.25) is 5.02 Å². The lowest BCUT2D eigenvalue weighted by Gasteiger charge is -2.20. The second-order valence-electron chi connectivity index (χ2n) is 6.05. The van der Waals surface area contributed by atoms with E-state index in [1.807, 2.05) is 6.92 Å². The highest BCUT2D eigenvalue weighted by molar-refractivity contribution is 6.30. The summed E-state index contributed by atoms with van der Waals surface area (Å²) >= 11 is 5.89. The Morgan fingerprint density at radius 3 is 2.31 bits per heavy atom. The maximum Gasteiger partial charge on any atom is 0.421 e. The molecule has 0 saturated carbocycles. The molecule has 1 N–H and O–H groups in total. The van der Waals surface area contributed by atoms with Gasteiger partial charge in [-0.05, 0) is 55.5 Å². The van der Waals surface area contributed by atoms with E-state index in [1.165, 1.54) is 0 Å². The van der Waals surface area contributed by atoms with Crippen LogP contribution >= 0.6 is 11.6 Å². The molecule has 5 nitrogen and oxygen atoms in total. The van der Waals surface area contributed by atoms with Gasteiger partial charge in [-0.3, -0.25) is 0 Å². The summed E-state index contributed by atoms with van der Waals surface area (Å²) in [5, 5.41) is 3.28.